The number of benzene rings is 1. The summed E-state index contributed by atoms with van der Waals surface area (Å²) in [5.41, 5.74) is 1.72. The van der Waals surface area contributed by atoms with Gasteiger partial charge in [0, 0.05) is 23.7 Å². The lowest BCUT2D eigenvalue weighted by molar-refractivity contribution is 0.0860. The highest BCUT2D eigenvalue weighted by atomic mass is 35.5. The number of hydrogen-bond donors (Lipinski definition) is 1. The van der Waals surface area contributed by atoms with Crippen LogP contribution in [0.4, 0.5) is 0 Å². The maximum absolute atomic E-state index is 12.3. The maximum Gasteiger partial charge on any atom is 0.263 e. The third kappa shape index (κ3) is 3.48. The monoisotopic (exact) mass is 336 g/mol. The van der Waals surface area contributed by atoms with Crippen molar-refractivity contribution in [2.45, 2.75) is 25.9 Å². The van der Waals surface area contributed by atoms with Crippen LogP contribution in [0.2, 0.25) is 5.02 Å². The molecule has 1 N–H and O–H groups in total. The van der Waals surface area contributed by atoms with Crippen LogP contribution in [0, 0.1) is 6.92 Å². The van der Waals surface area contributed by atoms with E-state index in [2.05, 4.69) is 10.3 Å². The van der Waals surface area contributed by atoms with Gasteiger partial charge in [0.1, 0.15) is 9.88 Å². The Morgan fingerprint density at radius 1 is 1.45 bits per heavy atom. The topological polar surface area (TPSA) is 51.2 Å². The molecular weight excluding hydrogens is 320 g/mol. The SMILES string of the molecule is Cc1nc(-c2ccc(Cl)cc2)sc1C(=O)NCC1CCCO1. The molecule has 116 valence electrons. The normalized spacial score (nSPS) is 17.6. The van der Waals surface area contributed by atoms with Crippen LogP contribution in [-0.2, 0) is 4.74 Å². The number of carbonyl (C=O) groups excluding carboxylic acids is 1. The van der Waals surface area contributed by atoms with Gasteiger partial charge in [-0.15, -0.1) is 11.3 Å². The molecule has 4 nitrogen and oxygen atoms in total. The Labute approximate surface area is 138 Å². The van der Waals surface area contributed by atoms with Crippen molar-refractivity contribution in [1.82, 2.24) is 10.3 Å². The fraction of sp³-hybridized carbons (Fsp3) is 0.375. The number of amides is 1. The summed E-state index contributed by atoms with van der Waals surface area (Å²) in [5, 5.41) is 4.46. The summed E-state index contributed by atoms with van der Waals surface area (Å²) in [4.78, 5) is 17.5. The van der Waals surface area contributed by atoms with Crippen LogP contribution in [0.5, 0.6) is 0 Å². The summed E-state index contributed by atoms with van der Waals surface area (Å²) in [6, 6.07) is 7.47. The third-order valence-corrected chi connectivity index (χ3v) is 5.07. The van der Waals surface area contributed by atoms with Gasteiger partial charge in [-0.25, -0.2) is 4.98 Å². The summed E-state index contributed by atoms with van der Waals surface area (Å²) < 4.78 is 5.52. The lowest BCUT2D eigenvalue weighted by Gasteiger charge is -2.09. The summed E-state index contributed by atoms with van der Waals surface area (Å²) in [6.45, 7) is 3.21. The molecule has 2 heterocycles. The number of carbonyl (C=O) groups is 1. The van der Waals surface area contributed by atoms with Gasteiger partial charge in [0.2, 0.25) is 0 Å². The lowest BCUT2D eigenvalue weighted by Crippen LogP contribution is -2.31. The van der Waals surface area contributed by atoms with Gasteiger partial charge in [0.15, 0.2) is 0 Å². The van der Waals surface area contributed by atoms with Crippen LogP contribution in [0.1, 0.15) is 28.2 Å². The highest BCUT2D eigenvalue weighted by molar-refractivity contribution is 7.17. The van der Waals surface area contributed by atoms with Crippen LogP contribution in [0.3, 0.4) is 0 Å². The number of rotatable bonds is 4. The number of thiazole rings is 1. The minimum atomic E-state index is -0.0780. The number of halogens is 1. The molecule has 1 aromatic heterocycles. The van der Waals surface area contributed by atoms with E-state index in [1.54, 1.807) is 0 Å². The summed E-state index contributed by atoms with van der Waals surface area (Å²) in [7, 11) is 0. The summed E-state index contributed by atoms with van der Waals surface area (Å²) in [5.74, 6) is -0.0780. The Hall–Kier alpha value is -1.43. The van der Waals surface area contributed by atoms with E-state index < -0.39 is 0 Å². The number of ether oxygens (including phenoxy) is 1. The van der Waals surface area contributed by atoms with Gasteiger partial charge in [-0.05, 0) is 31.9 Å². The molecule has 0 aliphatic carbocycles. The van der Waals surface area contributed by atoms with Gasteiger partial charge >= 0.3 is 0 Å². The highest BCUT2D eigenvalue weighted by Crippen LogP contribution is 2.28. The van der Waals surface area contributed by atoms with E-state index in [0.29, 0.717) is 16.4 Å². The number of aromatic nitrogens is 1. The lowest BCUT2D eigenvalue weighted by atomic mass is 10.2. The van der Waals surface area contributed by atoms with E-state index in [9.17, 15) is 4.79 Å². The Balaban J connectivity index is 1.71. The zero-order chi connectivity index (χ0) is 15.5. The maximum atomic E-state index is 12.3. The summed E-state index contributed by atoms with van der Waals surface area (Å²) >= 11 is 7.30. The third-order valence-electron chi connectivity index (χ3n) is 3.61. The molecule has 0 bridgehead atoms. The Morgan fingerprint density at radius 2 is 2.23 bits per heavy atom. The molecule has 1 saturated heterocycles. The van der Waals surface area contributed by atoms with Crippen molar-refractivity contribution in [2.24, 2.45) is 0 Å². The molecule has 1 aliphatic heterocycles. The van der Waals surface area contributed by atoms with Crippen LogP contribution < -0.4 is 5.32 Å². The largest absolute Gasteiger partial charge is 0.376 e. The highest BCUT2D eigenvalue weighted by Gasteiger charge is 2.19. The van der Waals surface area contributed by atoms with E-state index in [-0.39, 0.29) is 12.0 Å². The minimum absolute atomic E-state index is 0.0780. The van der Waals surface area contributed by atoms with Crippen molar-refractivity contribution in [3.63, 3.8) is 0 Å². The van der Waals surface area contributed by atoms with E-state index >= 15 is 0 Å². The van der Waals surface area contributed by atoms with Gasteiger partial charge in [-0.3, -0.25) is 4.79 Å². The fourth-order valence-electron chi connectivity index (χ4n) is 2.42. The first-order valence-electron chi connectivity index (χ1n) is 7.26. The van der Waals surface area contributed by atoms with Crippen LogP contribution in [0.25, 0.3) is 10.6 Å². The standard InChI is InChI=1S/C16H17ClN2O2S/c1-10-14(15(20)18-9-13-3-2-8-21-13)22-16(19-10)11-4-6-12(17)7-5-11/h4-7,13H,2-3,8-9H2,1H3,(H,18,20). The first-order valence-corrected chi connectivity index (χ1v) is 8.46. The van der Waals surface area contributed by atoms with E-state index in [0.717, 1.165) is 35.7 Å². The van der Waals surface area contributed by atoms with Crippen molar-refractivity contribution in [3.05, 3.63) is 39.9 Å². The van der Waals surface area contributed by atoms with Crippen molar-refractivity contribution in [1.29, 1.82) is 0 Å². The predicted octanol–water partition coefficient (Wildman–Crippen LogP) is 3.68. The van der Waals surface area contributed by atoms with Crippen LogP contribution >= 0.6 is 22.9 Å². The Morgan fingerprint density at radius 3 is 2.91 bits per heavy atom. The molecule has 1 unspecified atom stereocenters. The molecule has 1 fully saturated rings. The minimum Gasteiger partial charge on any atom is -0.376 e. The fourth-order valence-corrected chi connectivity index (χ4v) is 3.53. The van der Waals surface area contributed by atoms with Gasteiger partial charge in [0.05, 0.1) is 11.8 Å². The molecule has 1 atom stereocenters. The number of nitrogens with zero attached hydrogens (tertiary/aromatic N) is 1. The molecule has 3 rings (SSSR count). The van der Waals surface area contributed by atoms with Crippen LogP contribution in [-0.4, -0.2) is 30.1 Å². The van der Waals surface area contributed by atoms with Gasteiger partial charge < -0.3 is 10.1 Å². The molecular formula is C16H17ClN2O2S. The number of hydrogen-bond acceptors (Lipinski definition) is 4. The van der Waals surface area contributed by atoms with Gasteiger partial charge in [-0.1, -0.05) is 23.7 Å². The second-order valence-electron chi connectivity index (χ2n) is 5.29. The number of nitrogens with one attached hydrogen (secondary N) is 1. The van der Waals surface area contributed by atoms with Gasteiger partial charge in [0.25, 0.3) is 5.91 Å². The molecule has 0 spiro atoms. The molecule has 1 aliphatic rings. The van der Waals surface area contributed by atoms with Crippen molar-refractivity contribution < 1.29 is 9.53 Å². The van der Waals surface area contributed by atoms with E-state index in [1.807, 2.05) is 31.2 Å². The second-order valence-corrected chi connectivity index (χ2v) is 6.72. The molecule has 0 radical (unpaired) electrons. The molecule has 1 amide bonds. The van der Waals surface area contributed by atoms with E-state index in [1.165, 1.54) is 11.3 Å². The second kappa shape index (κ2) is 6.77. The quantitative estimate of drug-likeness (QED) is 0.926. The number of aryl methyl sites for hydroxylation is 1. The smallest absolute Gasteiger partial charge is 0.263 e. The average Bonchev–Trinajstić information content (AvgIpc) is 3.15. The first kappa shape index (κ1) is 15.5. The van der Waals surface area contributed by atoms with E-state index in [4.69, 9.17) is 16.3 Å². The summed E-state index contributed by atoms with van der Waals surface area (Å²) in [6.07, 6.45) is 2.23. The average molecular weight is 337 g/mol. The zero-order valence-electron chi connectivity index (χ0n) is 12.3. The molecule has 0 saturated carbocycles. The molecule has 1 aromatic carbocycles. The van der Waals surface area contributed by atoms with Crippen molar-refractivity contribution in [2.75, 3.05) is 13.2 Å². The molecule has 2 aromatic rings. The van der Waals surface area contributed by atoms with Gasteiger partial charge in [-0.2, -0.15) is 0 Å². The first-order chi connectivity index (χ1) is 10.6. The molecule has 22 heavy (non-hydrogen) atoms. The Bertz CT molecular complexity index is 663. The van der Waals surface area contributed by atoms with Crippen molar-refractivity contribution in [3.8, 4) is 10.6 Å². The zero-order valence-corrected chi connectivity index (χ0v) is 13.8. The van der Waals surface area contributed by atoms with Crippen LogP contribution in [0.15, 0.2) is 24.3 Å². The predicted molar refractivity (Wildman–Crippen MR) is 88.6 cm³/mol. The Kier molecular flexibility index (Phi) is 4.76. The van der Waals surface area contributed by atoms with Crippen molar-refractivity contribution >= 4 is 28.8 Å². The molecule has 6 heteroatoms.